The Labute approximate surface area is 57.4 Å². The van der Waals surface area contributed by atoms with Gasteiger partial charge in [0.25, 0.3) is 0 Å². The topological polar surface area (TPSA) is 127 Å². The molecule has 6 nitrogen and oxygen atoms in total. The van der Waals surface area contributed by atoms with Gasteiger partial charge >= 0.3 is 12.1 Å². The van der Waals surface area contributed by atoms with Gasteiger partial charge in [-0.05, 0) is 6.92 Å². The molecule has 0 bridgehead atoms. The Bertz CT molecular complexity index is 118. The van der Waals surface area contributed by atoms with E-state index in [1.807, 2.05) is 0 Å². The van der Waals surface area contributed by atoms with Crippen LogP contribution in [0.5, 0.6) is 0 Å². The number of carboxylic acid groups (broad SMARTS) is 2. The number of hydrogen-bond acceptors (Lipinski definition) is 3. The van der Waals surface area contributed by atoms with Crippen LogP contribution in [-0.4, -0.2) is 28.3 Å². The molecule has 0 aromatic heterocycles. The minimum absolute atomic E-state index is 0.731. The lowest BCUT2D eigenvalue weighted by atomic mass is 10.4. The molecule has 0 fully saturated rings. The number of carboxylic acids is 1. The van der Waals surface area contributed by atoms with E-state index < -0.39 is 18.1 Å². The average molecular weight is 150 g/mol. The molecule has 1 atom stereocenters. The molecule has 0 aromatic carbocycles. The van der Waals surface area contributed by atoms with Crippen LogP contribution in [0.2, 0.25) is 0 Å². The first-order valence-corrected chi connectivity index (χ1v) is 2.34. The molecule has 6 heteroatoms. The van der Waals surface area contributed by atoms with E-state index in [9.17, 15) is 4.79 Å². The van der Waals surface area contributed by atoms with Crippen molar-refractivity contribution >= 4 is 12.1 Å². The summed E-state index contributed by atoms with van der Waals surface area (Å²) in [5.74, 6) is -0.963. The predicted molar refractivity (Wildman–Crippen MR) is 33.5 cm³/mol. The number of nitrogens with two attached hydrogens (primary N) is 2. The molecule has 0 spiro atoms. The lowest BCUT2D eigenvalue weighted by Crippen LogP contribution is -2.25. The quantitative estimate of drug-likeness (QED) is 0.383. The maximum absolute atomic E-state index is 9.57. The van der Waals surface area contributed by atoms with Crippen LogP contribution in [0.3, 0.4) is 0 Å². The van der Waals surface area contributed by atoms with E-state index in [2.05, 4.69) is 5.73 Å². The predicted octanol–water partition coefficient (Wildman–Crippen LogP) is -0.959. The summed E-state index contributed by atoms with van der Waals surface area (Å²) in [5.41, 5.74) is 8.86. The third-order valence-electron chi connectivity index (χ3n) is 0.390. The molecule has 60 valence electrons. The first-order valence-electron chi connectivity index (χ1n) is 2.34. The average Bonchev–Trinajstić information content (AvgIpc) is 1.63. The Balaban J connectivity index is 0. The third-order valence-corrected chi connectivity index (χ3v) is 0.390. The molecule has 0 radical (unpaired) electrons. The van der Waals surface area contributed by atoms with E-state index in [-0.39, 0.29) is 0 Å². The van der Waals surface area contributed by atoms with E-state index in [0.717, 1.165) is 0 Å². The van der Waals surface area contributed by atoms with Crippen molar-refractivity contribution < 1.29 is 19.8 Å². The van der Waals surface area contributed by atoms with Crippen molar-refractivity contribution in [3.8, 4) is 0 Å². The van der Waals surface area contributed by atoms with Gasteiger partial charge in [0.05, 0.1) is 0 Å². The van der Waals surface area contributed by atoms with Gasteiger partial charge in [0.1, 0.15) is 6.04 Å². The van der Waals surface area contributed by atoms with Gasteiger partial charge in [-0.15, -0.1) is 0 Å². The monoisotopic (exact) mass is 150 g/mol. The Kier molecular flexibility index (Phi) is 6.70. The second-order valence-electron chi connectivity index (χ2n) is 1.47. The summed E-state index contributed by atoms with van der Waals surface area (Å²) in [4.78, 5) is 18.4. The van der Waals surface area contributed by atoms with Gasteiger partial charge in [-0.1, -0.05) is 0 Å². The molecule has 1 amide bonds. The van der Waals surface area contributed by atoms with Gasteiger partial charge in [0.15, 0.2) is 0 Å². The number of amides is 1. The fourth-order valence-corrected chi connectivity index (χ4v) is 0. The summed E-state index contributed by atoms with van der Waals surface area (Å²) >= 11 is 0. The van der Waals surface area contributed by atoms with E-state index >= 15 is 0 Å². The molecule has 0 unspecified atom stereocenters. The van der Waals surface area contributed by atoms with Crippen molar-refractivity contribution in [2.24, 2.45) is 11.5 Å². The summed E-state index contributed by atoms with van der Waals surface area (Å²) in [6.07, 6.45) is -1.33. The van der Waals surface area contributed by atoms with Crippen molar-refractivity contribution in [1.82, 2.24) is 0 Å². The van der Waals surface area contributed by atoms with Gasteiger partial charge in [-0.25, -0.2) is 4.79 Å². The zero-order valence-electron chi connectivity index (χ0n) is 5.44. The Morgan fingerprint density at radius 3 is 1.50 bits per heavy atom. The van der Waals surface area contributed by atoms with Gasteiger partial charge in [-0.3, -0.25) is 4.79 Å². The number of primary amides is 1. The molecule has 10 heavy (non-hydrogen) atoms. The highest BCUT2D eigenvalue weighted by Gasteiger charge is 1.99. The summed E-state index contributed by atoms with van der Waals surface area (Å²) in [5, 5.41) is 15.1. The van der Waals surface area contributed by atoms with Gasteiger partial charge in [0.2, 0.25) is 0 Å². The van der Waals surface area contributed by atoms with Crippen LogP contribution in [-0.2, 0) is 4.79 Å². The van der Waals surface area contributed by atoms with Gasteiger partial charge < -0.3 is 21.7 Å². The fourth-order valence-electron chi connectivity index (χ4n) is 0. The highest BCUT2D eigenvalue weighted by Crippen LogP contribution is 1.68. The number of aliphatic carboxylic acids is 1. The zero-order chi connectivity index (χ0) is 8.73. The van der Waals surface area contributed by atoms with E-state index in [0.29, 0.717) is 0 Å². The maximum atomic E-state index is 9.57. The van der Waals surface area contributed by atoms with Gasteiger partial charge in [-0.2, -0.15) is 0 Å². The van der Waals surface area contributed by atoms with Crippen molar-refractivity contribution in [2.45, 2.75) is 13.0 Å². The third kappa shape index (κ3) is 29.9. The molecule has 0 saturated heterocycles. The molecule has 0 rings (SSSR count). The summed E-state index contributed by atoms with van der Waals surface area (Å²) in [6.45, 7) is 1.42. The molecule has 0 aliphatic carbocycles. The zero-order valence-corrected chi connectivity index (χ0v) is 5.44. The van der Waals surface area contributed by atoms with E-state index in [1.54, 1.807) is 0 Å². The molecular formula is C4H10N2O4. The van der Waals surface area contributed by atoms with Crippen LogP contribution in [0.1, 0.15) is 6.92 Å². The molecular weight excluding hydrogens is 140 g/mol. The molecule has 0 aliphatic heterocycles. The smallest absolute Gasteiger partial charge is 0.402 e. The highest BCUT2D eigenvalue weighted by atomic mass is 16.4. The first-order chi connectivity index (χ1) is 4.37. The molecule has 0 aromatic rings. The number of rotatable bonds is 1. The van der Waals surface area contributed by atoms with Crippen molar-refractivity contribution in [2.75, 3.05) is 0 Å². The minimum Gasteiger partial charge on any atom is -0.480 e. The largest absolute Gasteiger partial charge is 0.480 e. The van der Waals surface area contributed by atoms with E-state index in [1.165, 1.54) is 6.92 Å². The van der Waals surface area contributed by atoms with Crippen LogP contribution in [0.25, 0.3) is 0 Å². The molecule has 0 aliphatic rings. The van der Waals surface area contributed by atoms with Crippen LogP contribution in [0.4, 0.5) is 4.79 Å². The van der Waals surface area contributed by atoms with Crippen molar-refractivity contribution in [3.63, 3.8) is 0 Å². The fraction of sp³-hybridized carbons (Fsp3) is 0.500. The molecule has 0 saturated carbocycles. The van der Waals surface area contributed by atoms with Crippen molar-refractivity contribution in [1.29, 1.82) is 0 Å². The lowest BCUT2D eigenvalue weighted by molar-refractivity contribution is -0.138. The van der Waals surface area contributed by atoms with Crippen LogP contribution >= 0.6 is 0 Å². The second kappa shape index (κ2) is 5.83. The van der Waals surface area contributed by atoms with Crippen LogP contribution < -0.4 is 11.5 Å². The number of hydrogen-bond donors (Lipinski definition) is 4. The molecule has 0 heterocycles. The first kappa shape index (κ1) is 11.5. The Morgan fingerprint density at radius 2 is 1.50 bits per heavy atom. The summed E-state index contributed by atoms with van der Waals surface area (Å²) < 4.78 is 0. The Hall–Kier alpha value is -1.30. The highest BCUT2D eigenvalue weighted by molar-refractivity contribution is 5.72. The number of carbonyl (C=O) groups is 2. The van der Waals surface area contributed by atoms with E-state index in [4.69, 9.17) is 20.7 Å². The lowest BCUT2D eigenvalue weighted by Gasteiger charge is -1.90. The Morgan fingerprint density at radius 1 is 1.40 bits per heavy atom. The molecule has 6 N–H and O–H groups in total. The van der Waals surface area contributed by atoms with Crippen LogP contribution in [0.15, 0.2) is 0 Å². The summed E-state index contributed by atoms with van der Waals surface area (Å²) in [7, 11) is 0. The summed E-state index contributed by atoms with van der Waals surface area (Å²) in [6, 6.07) is -0.731. The van der Waals surface area contributed by atoms with Crippen molar-refractivity contribution in [3.05, 3.63) is 0 Å². The maximum Gasteiger partial charge on any atom is 0.402 e. The normalized spacial score (nSPS) is 10.6. The minimum atomic E-state index is -1.33. The van der Waals surface area contributed by atoms with Crippen LogP contribution in [0, 0.1) is 0 Å². The second-order valence-corrected chi connectivity index (χ2v) is 1.47. The SMILES string of the molecule is C[C@H](N)C(=O)O.NC(=O)O. The standard InChI is InChI=1S/C3H7NO2.CH3NO2/c1-2(4)3(5)6;2-1(3)4/h2H,4H2,1H3,(H,5,6);2H2,(H,3,4)/t2-;/m0./s1. The van der Waals surface area contributed by atoms with Gasteiger partial charge in [0, 0.05) is 0 Å².